The number of hydrogen-bond donors (Lipinski definition) is 3. The molecule has 0 radical (unpaired) electrons. The van der Waals surface area contributed by atoms with E-state index < -0.39 is 11.8 Å². The van der Waals surface area contributed by atoms with Gasteiger partial charge in [-0.25, -0.2) is 5.43 Å². The predicted molar refractivity (Wildman–Crippen MR) is 128 cm³/mol. The van der Waals surface area contributed by atoms with Crippen molar-refractivity contribution in [2.24, 2.45) is 5.10 Å². The van der Waals surface area contributed by atoms with Crippen LogP contribution in [0.15, 0.2) is 58.0 Å². The fourth-order valence-corrected chi connectivity index (χ4v) is 3.95. The van der Waals surface area contributed by atoms with Crippen molar-refractivity contribution < 1.29 is 18.8 Å². The number of amides is 3. The quantitative estimate of drug-likeness (QED) is 0.490. The number of nitrogens with one attached hydrogen (secondary N) is 3. The SMILES string of the molecule is Cc1ccc(C(=O)NNC(=O)c2oc3c(c2C)/C(=N/NC(=O)c2cccc(Cl)c2)CCC3)cc1. The molecule has 8 nitrogen and oxygen atoms in total. The molecular formula is C25H23ClN4O4. The average Bonchev–Trinajstić information content (AvgIpc) is 3.18. The molecule has 34 heavy (non-hydrogen) atoms. The fraction of sp³-hybridized carbons (Fsp3) is 0.200. The van der Waals surface area contributed by atoms with Crippen LogP contribution >= 0.6 is 11.6 Å². The van der Waals surface area contributed by atoms with Gasteiger partial charge < -0.3 is 4.42 Å². The van der Waals surface area contributed by atoms with E-state index in [1.54, 1.807) is 43.3 Å². The molecule has 3 N–H and O–H groups in total. The molecule has 174 valence electrons. The average molecular weight is 479 g/mol. The second-order valence-electron chi connectivity index (χ2n) is 7.99. The van der Waals surface area contributed by atoms with Crippen molar-refractivity contribution in [3.8, 4) is 0 Å². The first-order valence-corrected chi connectivity index (χ1v) is 11.1. The van der Waals surface area contributed by atoms with Crippen LogP contribution in [0.25, 0.3) is 0 Å². The van der Waals surface area contributed by atoms with Crippen LogP contribution in [0.3, 0.4) is 0 Å². The Kier molecular flexibility index (Phi) is 6.79. The fourth-order valence-electron chi connectivity index (χ4n) is 3.76. The molecule has 3 aromatic rings. The van der Waals surface area contributed by atoms with Gasteiger partial charge in [-0.15, -0.1) is 0 Å². The molecule has 4 rings (SSSR count). The van der Waals surface area contributed by atoms with Crippen LogP contribution < -0.4 is 16.3 Å². The molecule has 0 fully saturated rings. The number of benzene rings is 2. The maximum atomic E-state index is 12.7. The summed E-state index contributed by atoms with van der Waals surface area (Å²) in [6, 6.07) is 13.5. The maximum Gasteiger partial charge on any atom is 0.305 e. The smallest absolute Gasteiger partial charge is 0.305 e. The Hall–Kier alpha value is -3.91. The lowest BCUT2D eigenvalue weighted by molar-refractivity contribution is 0.0829. The normalized spacial score (nSPS) is 13.8. The molecule has 1 heterocycles. The van der Waals surface area contributed by atoms with Crippen LogP contribution in [-0.4, -0.2) is 23.4 Å². The summed E-state index contributed by atoms with van der Waals surface area (Å²) in [6.45, 7) is 3.67. The Labute approximate surface area is 201 Å². The van der Waals surface area contributed by atoms with Gasteiger partial charge in [-0.2, -0.15) is 5.10 Å². The number of rotatable bonds is 4. The molecule has 2 aromatic carbocycles. The number of nitrogens with zero attached hydrogens (tertiary/aromatic N) is 1. The minimum atomic E-state index is -0.574. The molecule has 3 amide bonds. The predicted octanol–water partition coefficient (Wildman–Crippen LogP) is 4.10. The lowest BCUT2D eigenvalue weighted by Crippen LogP contribution is -2.41. The van der Waals surface area contributed by atoms with Crippen molar-refractivity contribution in [1.82, 2.24) is 16.3 Å². The first-order chi connectivity index (χ1) is 16.3. The Morgan fingerprint density at radius 3 is 2.38 bits per heavy atom. The van der Waals surface area contributed by atoms with Crippen LogP contribution in [0.1, 0.15) is 66.6 Å². The van der Waals surface area contributed by atoms with E-state index in [0.29, 0.717) is 51.6 Å². The molecule has 1 aromatic heterocycles. The summed E-state index contributed by atoms with van der Waals surface area (Å²) in [5.41, 5.74) is 11.1. The number of carbonyl (C=O) groups excluding carboxylic acids is 3. The highest BCUT2D eigenvalue weighted by Gasteiger charge is 2.28. The lowest BCUT2D eigenvalue weighted by Gasteiger charge is -2.13. The van der Waals surface area contributed by atoms with E-state index in [9.17, 15) is 14.4 Å². The van der Waals surface area contributed by atoms with Crippen molar-refractivity contribution in [3.63, 3.8) is 0 Å². The van der Waals surface area contributed by atoms with Crippen LogP contribution in [0, 0.1) is 13.8 Å². The topological polar surface area (TPSA) is 113 Å². The molecule has 0 saturated carbocycles. The van der Waals surface area contributed by atoms with Crippen molar-refractivity contribution in [2.45, 2.75) is 33.1 Å². The molecule has 0 spiro atoms. The number of aryl methyl sites for hydroxylation is 2. The maximum absolute atomic E-state index is 12.7. The van der Waals surface area contributed by atoms with Crippen molar-refractivity contribution >= 4 is 35.0 Å². The largest absolute Gasteiger partial charge is 0.455 e. The molecule has 9 heteroatoms. The summed E-state index contributed by atoms with van der Waals surface area (Å²) in [6.07, 6.45) is 2.02. The molecule has 0 bridgehead atoms. The molecular weight excluding hydrogens is 456 g/mol. The number of hydrazine groups is 1. The first-order valence-electron chi connectivity index (χ1n) is 10.8. The van der Waals surface area contributed by atoms with Gasteiger partial charge in [0.15, 0.2) is 5.76 Å². The van der Waals surface area contributed by atoms with Gasteiger partial charge >= 0.3 is 5.91 Å². The van der Waals surface area contributed by atoms with Gasteiger partial charge in [0, 0.05) is 33.7 Å². The van der Waals surface area contributed by atoms with Gasteiger partial charge in [0.2, 0.25) is 0 Å². The monoisotopic (exact) mass is 478 g/mol. The highest BCUT2D eigenvalue weighted by molar-refractivity contribution is 6.31. The number of hydrazone groups is 1. The second kappa shape index (κ2) is 9.93. The van der Waals surface area contributed by atoms with E-state index in [4.69, 9.17) is 16.0 Å². The highest BCUT2D eigenvalue weighted by atomic mass is 35.5. The van der Waals surface area contributed by atoms with E-state index in [0.717, 1.165) is 12.0 Å². The number of carbonyl (C=O) groups is 3. The zero-order valence-electron chi connectivity index (χ0n) is 18.7. The lowest BCUT2D eigenvalue weighted by atomic mass is 9.93. The summed E-state index contributed by atoms with van der Waals surface area (Å²) in [5, 5.41) is 4.75. The van der Waals surface area contributed by atoms with Crippen LogP contribution in [0.5, 0.6) is 0 Å². The minimum absolute atomic E-state index is 0.0879. The molecule has 0 atom stereocenters. The summed E-state index contributed by atoms with van der Waals surface area (Å²) in [4.78, 5) is 37.4. The van der Waals surface area contributed by atoms with Crippen molar-refractivity contribution in [1.29, 1.82) is 0 Å². The molecule has 0 aliphatic heterocycles. The molecule has 1 aliphatic carbocycles. The van der Waals surface area contributed by atoms with Gasteiger partial charge in [0.05, 0.1) is 5.71 Å². The Bertz CT molecular complexity index is 1290. The number of halogens is 1. The van der Waals surface area contributed by atoms with Crippen LogP contribution in [0.2, 0.25) is 5.02 Å². The van der Waals surface area contributed by atoms with Gasteiger partial charge in [0.25, 0.3) is 11.8 Å². The Balaban J connectivity index is 1.48. The third kappa shape index (κ3) is 5.02. The Morgan fingerprint density at radius 2 is 1.65 bits per heavy atom. The standard InChI is InChI=1S/C25H23ClN4O4/c1-14-9-11-16(12-10-14)23(31)29-30-25(33)22-15(2)21-19(7-4-8-20(21)34-22)27-28-24(32)17-5-3-6-18(26)13-17/h3,5-6,9-13H,4,7-8H2,1-2H3,(H,28,32)(H,29,31)(H,30,33)/b27-19+. The van der Waals surface area contributed by atoms with Crippen molar-refractivity contribution in [3.05, 3.63) is 92.9 Å². The third-order valence-electron chi connectivity index (χ3n) is 5.51. The van der Waals surface area contributed by atoms with E-state index >= 15 is 0 Å². The van der Waals surface area contributed by atoms with Gasteiger partial charge in [0.1, 0.15) is 5.76 Å². The molecule has 0 unspecified atom stereocenters. The van der Waals surface area contributed by atoms with E-state index in [1.165, 1.54) is 0 Å². The van der Waals surface area contributed by atoms with E-state index in [2.05, 4.69) is 21.4 Å². The van der Waals surface area contributed by atoms with Gasteiger partial charge in [-0.3, -0.25) is 25.2 Å². The summed E-state index contributed by atoms with van der Waals surface area (Å²) in [7, 11) is 0. The minimum Gasteiger partial charge on any atom is -0.455 e. The second-order valence-corrected chi connectivity index (χ2v) is 8.43. The van der Waals surface area contributed by atoms with Crippen LogP contribution in [-0.2, 0) is 6.42 Å². The summed E-state index contributed by atoms with van der Waals surface area (Å²) in [5.74, 6) is -0.692. The molecule has 1 aliphatic rings. The van der Waals surface area contributed by atoms with E-state index in [1.807, 2.05) is 19.1 Å². The zero-order chi connectivity index (χ0) is 24.2. The summed E-state index contributed by atoms with van der Waals surface area (Å²) < 4.78 is 5.82. The highest BCUT2D eigenvalue weighted by Crippen LogP contribution is 2.29. The number of hydrogen-bond acceptors (Lipinski definition) is 5. The zero-order valence-corrected chi connectivity index (χ0v) is 19.5. The van der Waals surface area contributed by atoms with Crippen molar-refractivity contribution in [2.75, 3.05) is 0 Å². The van der Waals surface area contributed by atoms with Gasteiger partial charge in [-0.1, -0.05) is 35.4 Å². The van der Waals surface area contributed by atoms with E-state index in [-0.39, 0.29) is 11.7 Å². The number of fused-ring (bicyclic) bond motifs is 1. The Morgan fingerprint density at radius 1 is 0.912 bits per heavy atom. The van der Waals surface area contributed by atoms with Crippen LogP contribution in [0.4, 0.5) is 0 Å². The first kappa shape index (κ1) is 23.3. The molecule has 0 saturated heterocycles. The third-order valence-corrected chi connectivity index (χ3v) is 5.75. The number of furan rings is 1. The summed E-state index contributed by atoms with van der Waals surface area (Å²) >= 11 is 5.95. The van der Waals surface area contributed by atoms with Gasteiger partial charge in [-0.05, 0) is 57.0 Å².